The van der Waals surface area contributed by atoms with E-state index in [1.54, 1.807) is 12.1 Å². The average molecular weight is 372 g/mol. The molecule has 2 aromatic carbocycles. The molecular weight excluding hydrogens is 348 g/mol. The van der Waals surface area contributed by atoms with Crippen LogP contribution in [0.3, 0.4) is 0 Å². The van der Waals surface area contributed by atoms with Crippen molar-refractivity contribution in [2.45, 2.75) is 36.4 Å². The Bertz CT molecular complexity index is 870. The standard InChI is InChI=1S/C20H24N2O3S/c1-15-7-5-6-10-20(15)26(23,24)21-17-11-18-14-25-19(13-22(18)12-17)16-8-3-2-4-9-16/h2-10,17-19,21H,11-14H2,1H3/t17-,18-,19+/m0/s1. The fourth-order valence-electron chi connectivity index (χ4n) is 3.97. The van der Waals surface area contributed by atoms with E-state index in [0.29, 0.717) is 11.5 Å². The van der Waals surface area contributed by atoms with E-state index in [1.807, 2.05) is 37.3 Å². The fourth-order valence-corrected chi connectivity index (χ4v) is 5.46. The van der Waals surface area contributed by atoms with Gasteiger partial charge in [0.25, 0.3) is 0 Å². The van der Waals surface area contributed by atoms with Gasteiger partial charge in [-0.3, -0.25) is 4.90 Å². The van der Waals surface area contributed by atoms with Gasteiger partial charge in [-0.05, 0) is 30.5 Å². The van der Waals surface area contributed by atoms with Crippen LogP contribution < -0.4 is 4.72 Å². The van der Waals surface area contributed by atoms with Gasteiger partial charge in [0.15, 0.2) is 0 Å². The summed E-state index contributed by atoms with van der Waals surface area (Å²) in [5.74, 6) is 0. The zero-order valence-corrected chi connectivity index (χ0v) is 15.7. The Morgan fingerprint density at radius 1 is 1.04 bits per heavy atom. The van der Waals surface area contributed by atoms with Crippen molar-refractivity contribution in [1.29, 1.82) is 0 Å². The number of hydrogen-bond donors (Lipinski definition) is 1. The van der Waals surface area contributed by atoms with Crippen molar-refractivity contribution >= 4 is 10.0 Å². The predicted octanol–water partition coefficient (Wildman–Crippen LogP) is 2.49. The second-order valence-corrected chi connectivity index (χ2v) is 8.84. The molecule has 2 fully saturated rings. The topological polar surface area (TPSA) is 58.6 Å². The Morgan fingerprint density at radius 3 is 2.54 bits per heavy atom. The van der Waals surface area contributed by atoms with E-state index >= 15 is 0 Å². The van der Waals surface area contributed by atoms with Crippen LogP contribution in [0.1, 0.15) is 23.7 Å². The van der Waals surface area contributed by atoms with E-state index in [2.05, 4.69) is 21.8 Å². The third kappa shape index (κ3) is 3.55. The summed E-state index contributed by atoms with van der Waals surface area (Å²) < 4.78 is 34.4. The van der Waals surface area contributed by atoms with E-state index in [0.717, 1.165) is 25.1 Å². The second kappa shape index (κ2) is 7.12. The number of fused-ring (bicyclic) bond motifs is 1. The maximum Gasteiger partial charge on any atom is 0.241 e. The van der Waals surface area contributed by atoms with Crippen LogP contribution in [0.2, 0.25) is 0 Å². The van der Waals surface area contributed by atoms with Crippen molar-refractivity contribution < 1.29 is 13.2 Å². The van der Waals surface area contributed by atoms with Crippen molar-refractivity contribution in [1.82, 2.24) is 9.62 Å². The normalized spacial score (nSPS) is 26.6. The molecule has 2 heterocycles. The first-order valence-electron chi connectivity index (χ1n) is 9.01. The molecule has 0 radical (unpaired) electrons. The van der Waals surface area contributed by atoms with Crippen LogP contribution in [-0.2, 0) is 14.8 Å². The van der Waals surface area contributed by atoms with Crippen LogP contribution in [0.25, 0.3) is 0 Å². The Hall–Kier alpha value is -1.73. The van der Waals surface area contributed by atoms with Crippen molar-refractivity contribution in [3.8, 4) is 0 Å². The Kier molecular flexibility index (Phi) is 4.84. The molecule has 138 valence electrons. The molecule has 2 aliphatic rings. The van der Waals surface area contributed by atoms with Crippen LogP contribution in [0, 0.1) is 6.92 Å². The van der Waals surface area contributed by atoms with Crippen LogP contribution >= 0.6 is 0 Å². The summed E-state index contributed by atoms with van der Waals surface area (Å²) in [5, 5.41) is 0. The lowest BCUT2D eigenvalue weighted by Gasteiger charge is -2.35. The first-order chi connectivity index (χ1) is 12.5. The first-order valence-corrected chi connectivity index (χ1v) is 10.5. The van der Waals surface area contributed by atoms with E-state index in [9.17, 15) is 8.42 Å². The second-order valence-electron chi connectivity index (χ2n) is 7.16. The summed E-state index contributed by atoms with van der Waals surface area (Å²) >= 11 is 0. The summed E-state index contributed by atoms with van der Waals surface area (Å²) in [6, 6.07) is 17.5. The predicted molar refractivity (Wildman–Crippen MR) is 100 cm³/mol. The van der Waals surface area contributed by atoms with Crippen LogP contribution in [0.4, 0.5) is 0 Å². The molecule has 0 spiro atoms. The maximum atomic E-state index is 12.7. The number of sulfonamides is 1. The maximum absolute atomic E-state index is 12.7. The van der Waals surface area contributed by atoms with Gasteiger partial charge in [0, 0.05) is 25.2 Å². The number of hydrogen-bond acceptors (Lipinski definition) is 4. The molecule has 3 atom stereocenters. The molecule has 0 amide bonds. The highest BCUT2D eigenvalue weighted by Crippen LogP contribution is 2.30. The SMILES string of the molecule is Cc1ccccc1S(=O)(=O)N[C@H]1C[C@H]2CO[C@@H](c3ccccc3)CN2C1. The summed E-state index contributed by atoms with van der Waals surface area (Å²) in [4.78, 5) is 2.72. The van der Waals surface area contributed by atoms with Crippen LogP contribution in [0.15, 0.2) is 59.5 Å². The average Bonchev–Trinajstić information content (AvgIpc) is 3.03. The number of morpholine rings is 1. The lowest BCUT2D eigenvalue weighted by molar-refractivity contribution is -0.0502. The molecule has 0 unspecified atom stereocenters. The van der Waals surface area contributed by atoms with Gasteiger partial charge in [0.05, 0.1) is 17.6 Å². The van der Waals surface area contributed by atoms with Gasteiger partial charge >= 0.3 is 0 Å². The lowest BCUT2D eigenvalue weighted by atomic mass is 10.1. The summed E-state index contributed by atoms with van der Waals surface area (Å²) in [6.45, 7) is 3.99. The highest BCUT2D eigenvalue weighted by Gasteiger charge is 2.39. The number of nitrogens with one attached hydrogen (secondary N) is 1. The van der Waals surface area contributed by atoms with Crippen LogP contribution in [0.5, 0.6) is 0 Å². The van der Waals surface area contributed by atoms with Crippen molar-refractivity contribution in [2.24, 2.45) is 0 Å². The van der Waals surface area contributed by atoms with Gasteiger partial charge in [-0.25, -0.2) is 13.1 Å². The van der Waals surface area contributed by atoms with Gasteiger partial charge in [-0.2, -0.15) is 0 Å². The molecule has 4 rings (SSSR count). The zero-order valence-electron chi connectivity index (χ0n) is 14.8. The monoisotopic (exact) mass is 372 g/mol. The molecule has 0 saturated carbocycles. The van der Waals surface area contributed by atoms with Gasteiger partial charge in [0.2, 0.25) is 10.0 Å². The molecule has 0 bridgehead atoms. The van der Waals surface area contributed by atoms with Gasteiger partial charge in [-0.15, -0.1) is 0 Å². The number of ether oxygens (including phenoxy) is 1. The minimum Gasteiger partial charge on any atom is -0.371 e. The Morgan fingerprint density at radius 2 is 1.77 bits per heavy atom. The Labute approximate surface area is 155 Å². The van der Waals surface area contributed by atoms with E-state index in [4.69, 9.17) is 4.74 Å². The molecule has 2 aromatic rings. The third-order valence-electron chi connectivity index (χ3n) is 5.29. The number of rotatable bonds is 4. The minimum atomic E-state index is -3.50. The van der Waals surface area contributed by atoms with Crippen molar-refractivity contribution in [3.63, 3.8) is 0 Å². The molecule has 0 aromatic heterocycles. The zero-order chi connectivity index (χ0) is 18.1. The molecular formula is C20H24N2O3S. The van der Waals surface area contributed by atoms with Gasteiger partial charge in [-0.1, -0.05) is 48.5 Å². The molecule has 0 aliphatic carbocycles. The first kappa shape index (κ1) is 17.7. The van der Waals surface area contributed by atoms with E-state index in [1.165, 1.54) is 5.56 Å². The van der Waals surface area contributed by atoms with Crippen molar-refractivity contribution in [2.75, 3.05) is 19.7 Å². The molecule has 6 heteroatoms. The lowest BCUT2D eigenvalue weighted by Crippen LogP contribution is -2.43. The molecule has 5 nitrogen and oxygen atoms in total. The third-order valence-corrected chi connectivity index (χ3v) is 6.98. The molecule has 1 N–H and O–H groups in total. The van der Waals surface area contributed by atoms with Gasteiger partial charge in [0.1, 0.15) is 0 Å². The van der Waals surface area contributed by atoms with Gasteiger partial charge < -0.3 is 4.74 Å². The fraction of sp³-hybridized carbons (Fsp3) is 0.400. The molecule has 2 saturated heterocycles. The minimum absolute atomic E-state index is 0.0548. The molecule has 26 heavy (non-hydrogen) atoms. The van der Waals surface area contributed by atoms with Crippen LogP contribution in [-0.4, -0.2) is 45.1 Å². The largest absolute Gasteiger partial charge is 0.371 e. The summed E-state index contributed by atoms with van der Waals surface area (Å²) in [5.41, 5.74) is 1.94. The van der Waals surface area contributed by atoms with E-state index < -0.39 is 10.0 Å². The highest BCUT2D eigenvalue weighted by molar-refractivity contribution is 7.89. The smallest absolute Gasteiger partial charge is 0.241 e. The Balaban J connectivity index is 1.43. The van der Waals surface area contributed by atoms with Crippen molar-refractivity contribution in [3.05, 3.63) is 65.7 Å². The highest BCUT2D eigenvalue weighted by atomic mass is 32.2. The summed E-state index contributed by atoms with van der Waals surface area (Å²) in [6.07, 6.45) is 0.839. The van der Waals surface area contributed by atoms with E-state index in [-0.39, 0.29) is 18.2 Å². The summed E-state index contributed by atoms with van der Waals surface area (Å²) in [7, 11) is -3.50. The number of aryl methyl sites for hydroxylation is 1. The quantitative estimate of drug-likeness (QED) is 0.896. The molecule has 2 aliphatic heterocycles. The number of benzene rings is 2. The number of nitrogens with zero attached hydrogens (tertiary/aromatic N) is 1.